The molecule has 1 amide bonds. The Morgan fingerprint density at radius 2 is 1.89 bits per heavy atom. The molecule has 6 rings (SSSR count). The van der Waals surface area contributed by atoms with Crippen molar-refractivity contribution < 1.29 is 22.3 Å². The van der Waals surface area contributed by atoms with Gasteiger partial charge in [0.25, 0.3) is 5.91 Å². The maximum atomic E-state index is 14.6. The third-order valence-electron chi connectivity index (χ3n) is 9.07. The van der Waals surface area contributed by atoms with E-state index in [1.807, 2.05) is 22.1 Å². The van der Waals surface area contributed by atoms with Crippen LogP contribution >= 0.6 is 0 Å². The molecule has 3 aliphatic rings. The molecular weight excluding hydrogens is 609 g/mol. The second kappa shape index (κ2) is 13.4. The Bertz CT molecular complexity index is 1770. The first kappa shape index (κ1) is 31.9. The van der Waals surface area contributed by atoms with Gasteiger partial charge in [-0.2, -0.15) is 4.98 Å². The second-order valence-electron chi connectivity index (χ2n) is 12.4. The van der Waals surface area contributed by atoms with Crippen LogP contribution in [0.4, 0.5) is 27.7 Å². The van der Waals surface area contributed by atoms with Gasteiger partial charge in [0.15, 0.2) is 0 Å². The molecule has 5 heterocycles. The molecule has 3 saturated heterocycles. The average Bonchev–Trinajstić information content (AvgIpc) is 3.02. The monoisotopic (exact) mass is 649 g/mol. The van der Waals surface area contributed by atoms with Crippen LogP contribution in [0.5, 0.6) is 0 Å². The Hall–Kier alpha value is -4.02. The number of benzene rings is 1. The van der Waals surface area contributed by atoms with Gasteiger partial charge in [0.1, 0.15) is 27.6 Å². The lowest BCUT2D eigenvalue weighted by Crippen LogP contribution is -2.49. The number of likely N-dealkylation sites (tertiary alicyclic amines) is 1. The third kappa shape index (κ3) is 6.88. The molecule has 13 heteroatoms. The number of halogens is 1. The van der Waals surface area contributed by atoms with Crippen molar-refractivity contribution >= 4 is 49.8 Å². The summed E-state index contributed by atoms with van der Waals surface area (Å²) < 4.78 is 43.6. The van der Waals surface area contributed by atoms with Crippen LogP contribution in [0.15, 0.2) is 36.7 Å². The van der Waals surface area contributed by atoms with Crippen molar-refractivity contribution in [2.24, 2.45) is 5.92 Å². The van der Waals surface area contributed by atoms with Crippen LogP contribution in [0.25, 0.3) is 10.8 Å². The fourth-order valence-electron chi connectivity index (χ4n) is 6.89. The summed E-state index contributed by atoms with van der Waals surface area (Å²) in [5.41, 5.74) is 2.00. The quantitative estimate of drug-likeness (QED) is 0.360. The number of fused-ring (bicyclic) bond motifs is 1. The predicted octanol–water partition coefficient (Wildman–Crippen LogP) is 3.89. The molecule has 1 N–H and O–H groups in total. The minimum atomic E-state index is -3.06. The Morgan fingerprint density at radius 3 is 2.63 bits per heavy atom. The molecular formula is C33H40FN7O4S. The molecule has 244 valence electrons. The number of methoxy groups -OCH3 is 1. The summed E-state index contributed by atoms with van der Waals surface area (Å²) in [5.74, 6) is 7.07. The van der Waals surface area contributed by atoms with E-state index in [-0.39, 0.29) is 30.2 Å². The molecule has 0 aliphatic carbocycles. The summed E-state index contributed by atoms with van der Waals surface area (Å²) >= 11 is 0. The number of piperidine rings is 2. The summed E-state index contributed by atoms with van der Waals surface area (Å²) in [6.07, 6.45) is 6.48. The molecule has 2 aromatic heterocycles. The van der Waals surface area contributed by atoms with Gasteiger partial charge in [-0.1, -0.05) is 12.0 Å². The van der Waals surface area contributed by atoms with Crippen LogP contribution in [0.3, 0.4) is 0 Å². The lowest BCUT2D eigenvalue weighted by atomic mass is 9.90. The van der Waals surface area contributed by atoms with Crippen molar-refractivity contribution in [3.8, 4) is 11.8 Å². The molecule has 3 atom stereocenters. The summed E-state index contributed by atoms with van der Waals surface area (Å²) in [7, 11) is -1.53. The van der Waals surface area contributed by atoms with Crippen molar-refractivity contribution in [1.82, 2.24) is 19.9 Å². The van der Waals surface area contributed by atoms with Crippen LogP contribution in [-0.4, -0.2) is 98.3 Å². The standard InChI is InChI=1S/C33H40FN7O4S/c1-4-7-32(42)41-14-6-5-8-28(41)23-9-10-27(40-18-22(19-40)21-46(3,43)44)25-17-36-31(16-24(23)25)37-30-11-13-35-33(38-30)39-15-12-29(45-2)26(34)20-39/h9-11,13,16-17,22,26,28-29H,5-6,8,12,14-15,18-21H2,1-3H3,(H,35,36,37,38)/t26-,28-,29+/m0/s1. The largest absolute Gasteiger partial charge is 0.378 e. The molecule has 1 aromatic carbocycles. The van der Waals surface area contributed by atoms with Gasteiger partial charge in [-0.3, -0.25) is 4.79 Å². The first-order valence-corrected chi connectivity index (χ1v) is 17.8. The topological polar surface area (TPSA) is 121 Å². The number of aromatic nitrogens is 3. The number of carbonyl (C=O) groups excluding carboxylic acids is 1. The van der Waals surface area contributed by atoms with E-state index >= 15 is 0 Å². The number of nitrogens with zero attached hydrogens (tertiary/aromatic N) is 6. The zero-order chi connectivity index (χ0) is 32.4. The molecule has 0 saturated carbocycles. The van der Waals surface area contributed by atoms with Crippen molar-refractivity contribution in [3.63, 3.8) is 0 Å². The van der Waals surface area contributed by atoms with Gasteiger partial charge in [0, 0.05) is 68.9 Å². The summed E-state index contributed by atoms with van der Waals surface area (Å²) in [6, 6.07) is 7.73. The maximum absolute atomic E-state index is 14.6. The van der Waals surface area contributed by atoms with Gasteiger partial charge < -0.3 is 24.8 Å². The lowest BCUT2D eigenvalue weighted by Gasteiger charge is -2.42. The number of hydrogen-bond acceptors (Lipinski definition) is 10. The minimum absolute atomic E-state index is 0.0811. The van der Waals surface area contributed by atoms with Gasteiger partial charge in [-0.25, -0.2) is 22.8 Å². The van der Waals surface area contributed by atoms with Crippen molar-refractivity contribution in [3.05, 3.63) is 42.2 Å². The second-order valence-corrected chi connectivity index (χ2v) is 14.6. The highest BCUT2D eigenvalue weighted by atomic mass is 32.2. The molecule has 3 aromatic rings. The number of sulfone groups is 1. The van der Waals surface area contributed by atoms with E-state index in [2.05, 4.69) is 44.2 Å². The van der Waals surface area contributed by atoms with E-state index in [0.29, 0.717) is 50.2 Å². The van der Waals surface area contributed by atoms with E-state index in [4.69, 9.17) is 9.72 Å². The Morgan fingerprint density at radius 1 is 1.07 bits per heavy atom. The fraction of sp³-hybridized carbons (Fsp3) is 0.515. The molecule has 0 unspecified atom stereocenters. The summed E-state index contributed by atoms with van der Waals surface area (Å²) in [5, 5.41) is 5.19. The van der Waals surface area contributed by atoms with Gasteiger partial charge in [-0.05, 0) is 67.7 Å². The Labute approximate surface area is 269 Å². The van der Waals surface area contributed by atoms with Crippen molar-refractivity contribution in [2.75, 3.05) is 67.0 Å². The number of alkyl halides is 1. The molecule has 0 bridgehead atoms. The number of hydrogen-bond donors (Lipinski definition) is 1. The number of anilines is 4. The highest BCUT2D eigenvalue weighted by Gasteiger charge is 2.33. The smallest absolute Gasteiger partial charge is 0.298 e. The number of rotatable bonds is 8. The number of carbonyl (C=O) groups is 1. The van der Waals surface area contributed by atoms with Gasteiger partial charge in [0.05, 0.1) is 24.4 Å². The normalized spacial score (nSPS) is 22.3. The number of ether oxygens (including phenoxy) is 1. The summed E-state index contributed by atoms with van der Waals surface area (Å²) in [4.78, 5) is 32.7. The maximum Gasteiger partial charge on any atom is 0.298 e. The van der Waals surface area contributed by atoms with E-state index < -0.39 is 22.1 Å². The van der Waals surface area contributed by atoms with Crippen LogP contribution in [0, 0.1) is 17.8 Å². The zero-order valence-electron chi connectivity index (χ0n) is 26.4. The van der Waals surface area contributed by atoms with E-state index in [1.54, 1.807) is 19.2 Å². The number of pyridine rings is 1. The van der Waals surface area contributed by atoms with Crippen LogP contribution in [0.1, 0.15) is 44.2 Å². The average molecular weight is 650 g/mol. The zero-order valence-corrected chi connectivity index (χ0v) is 27.3. The highest BCUT2D eigenvalue weighted by molar-refractivity contribution is 7.90. The Balaban J connectivity index is 1.33. The molecule has 0 spiro atoms. The van der Waals surface area contributed by atoms with E-state index in [1.165, 1.54) is 13.4 Å². The fourth-order valence-corrected chi connectivity index (χ4v) is 7.96. The van der Waals surface area contributed by atoms with Crippen molar-refractivity contribution in [1.29, 1.82) is 0 Å². The molecule has 3 fully saturated rings. The summed E-state index contributed by atoms with van der Waals surface area (Å²) in [6.45, 7) is 4.35. The molecule has 3 aliphatic heterocycles. The Kier molecular flexibility index (Phi) is 9.29. The van der Waals surface area contributed by atoms with Gasteiger partial charge in [-0.15, -0.1) is 0 Å². The molecule has 11 nitrogen and oxygen atoms in total. The first-order chi connectivity index (χ1) is 22.1. The van der Waals surface area contributed by atoms with Crippen LogP contribution in [0.2, 0.25) is 0 Å². The van der Waals surface area contributed by atoms with Crippen LogP contribution < -0.4 is 15.1 Å². The lowest BCUT2D eigenvalue weighted by molar-refractivity contribution is -0.128. The predicted molar refractivity (Wildman–Crippen MR) is 177 cm³/mol. The first-order valence-electron chi connectivity index (χ1n) is 15.7. The SMILES string of the molecule is CC#CC(=O)N1CCCC[C@H]1c1ccc(N2CC(CS(C)(=O)=O)C2)c2cnc(Nc3ccnc(N4CC[C@@H](OC)[C@@H](F)C4)n3)cc12. The van der Waals surface area contributed by atoms with Gasteiger partial charge >= 0.3 is 0 Å². The highest BCUT2D eigenvalue weighted by Crippen LogP contribution is 2.41. The minimum Gasteiger partial charge on any atom is -0.378 e. The van der Waals surface area contributed by atoms with Crippen LogP contribution in [-0.2, 0) is 19.4 Å². The molecule has 46 heavy (non-hydrogen) atoms. The number of amides is 1. The molecule has 0 radical (unpaired) electrons. The van der Waals surface area contributed by atoms with Gasteiger partial charge in [0.2, 0.25) is 5.95 Å². The van der Waals surface area contributed by atoms with E-state index in [9.17, 15) is 17.6 Å². The van der Waals surface area contributed by atoms with E-state index in [0.717, 1.165) is 41.3 Å². The number of nitrogens with one attached hydrogen (secondary N) is 1. The van der Waals surface area contributed by atoms with Crippen molar-refractivity contribution in [2.45, 2.75) is 50.9 Å². The third-order valence-corrected chi connectivity index (χ3v) is 10.1.